The Morgan fingerprint density at radius 2 is 2.07 bits per heavy atom. The van der Waals surface area contributed by atoms with Crippen LogP contribution in [0.5, 0.6) is 0 Å². The van der Waals surface area contributed by atoms with Crippen LogP contribution < -0.4 is 5.32 Å². The summed E-state index contributed by atoms with van der Waals surface area (Å²) < 4.78 is 5.98. The van der Waals surface area contributed by atoms with Gasteiger partial charge in [-0.05, 0) is 52.7 Å². The molecule has 0 spiro atoms. The average Bonchev–Trinajstić information content (AvgIpc) is 3.20. The number of thiazole rings is 1. The zero-order valence-electron chi connectivity index (χ0n) is 15.0. The van der Waals surface area contributed by atoms with E-state index in [1.54, 1.807) is 23.7 Å². The van der Waals surface area contributed by atoms with Gasteiger partial charge in [0, 0.05) is 20.5 Å². The number of benzene rings is 2. The van der Waals surface area contributed by atoms with Crippen molar-refractivity contribution in [2.75, 3.05) is 11.9 Å². The first-order valence-electron chi connectivity index (χ1n) is 8.35. The van der Waals surface area contributed by atoms with Gasteiger partial charge in [-0.15, -0.1) is 23.1 Å². The number of rotatable bonds is 7. The standard InChI is InChI=1S/C20H17BrN2O3S2/c1-13-6-7-17(16(21)8-13)23-19(24)9-26-20(25)15-4-2-3-5-18(15)28-11-14-10-27-12-22-14/h2-8,10,12H,9,11H2,1H3,(H,23,24). The first-order chi connectivity index (χ1) is 13.5. The highest BCUT2D eigenvalue weighted by Crippen LogP contribution is 2.27. The predicted octanol–water partition coefficient (Wildman–Crippen LogP) is 5.30. The van der Waals surface area contributed by atoms with Crippen molar-refractivity contribution in [3.05, 3.63) is 74.6 Å². The lowest BCUT2D eigenvalue weighted by molar-refractivity contribution is -0.119. The summed E-state index contributed by atoms with van der Waals surface area (Å²) >= 11 is 6.45. The number of thioether (sulfide) groups is 1. The molecule has 0 aliphatic carbocycles. The van der Waals surface area contributed by atoms with Gasteiger partial charge in [-0.3, -0.25) is 4.79 Å². The van der Waals surface area contributed by atoms with Crippen LogP contribution in [0, 0.1) is 6.92 Å². The molecule has 5 nitrogen and oxygen atoms in total. The molecule has 0 aliphatic heterocycles. The van der Waals surface area contributed by atoms with E-state index in [9.17, 15) is 9.59 Å². The first-order valence-corrected chi connectivity index (χ1v) is 11.1. The van der Waals surface area contributed by atoms with Crippen molar-refractivity contribution in [2.24, 2.45) is 0 Å². The fourth-order valence-electron chi connectivity index (χ4n) is 2.34. The molecule has 0 bridgehead atoms. The van der Waals surface area contributed by atoms with Gasteiger partial charge in [0.15, 0.2) is 6.61 Å². The summed E-state index contributed by atoms with van der Waals surface area (Å²) in [4.78, 5) is 29.6. The summed E-state index contributed by atoms with van der Waals surface area (Å²) in [7, 11) is 0. The van der Waals surface area contributed by atoms with Gasteiger partial charge in [0.1, 0.15) is 0 Å². The zero-order valence-corrected chi connectivity index (χ0v) is 18.2. The number of aryl methyl sites for hydroxylation is 1. The zero-order chi connectivity index (χ0) is 19.9. The number of carbonyl (C=O) groups excluding carboxylic acids is 2. The third-order valence-corrected chi connectivity index (χ3v) is 6.10. The molecule has 0 atom stereocenters. The van der Waals surface area contributed by atoms with E-state index >= 15 is 0 Å². The number of carbonyl (C=O) groups is 2. The number of hydrogen-bond acceptors (Lipinski definition) is 6. The van der Waals surface area contributed by atoms with Gasteiger partial charge >= 0.3 is 5.97 Å². The van der Waals surface area contributed by atoms with E-state index in [1.165, 1.54) is 23.1 Å². The van der Waals surface area contributed by atoms with Crippen molar-refractivity contribution >= 4 is 56.6 Å². The minimum Gasteiger partial charge on any atom is -0.452 e. The molecule has 28 heavy (non-hydrogen) atoms. The summed E-state index contributed by atoms with van der Waals surface area (Å²) in [6.45, 7) is 1.60. The van der Waals surface area contributed by atoms with E-state index in [-0.39, 0.29) is 6.61 Å². The Bertz CT molecular complexity index is 977. The molecule has 0 radical (unpaired) electrons. The Hall–Kier alpha value is -2.16. The number of esters is 1. The van der Waals surface area contributed by atoms with E-state index < -0.39 is 11.9 Å². The number of aromatic nitrogens is 1. The third-order valence-electron chi connectivity index (χ3n) is 3.70. The summed E-state index contributed by atoms with van der Waals surface area (Å²) in [6, 6.07) is 12.8. The van der Waals surface area contributed by atoms with Crippen molar-refractivity contribution in [3.8, 4) is 0 Å². The quantitative estimate of drug-likeness (QED) is 0.370. The Labute approximate surface area is 179 Å². The van der Waals surface area contributed by atoms with Crippen LogP contribution in [-0.2, 0) is 15.3 Å². The molecule has 3 rings (SSSR count). The maximum absolute atomic E-state index is 12.5. The van der Waals surface area contributed by atoms with Gasteiger partial charge in [0.05, 0.1) is 22.5 Å². The molecular formula is C20H17BrN2O3S2. The van der Waals surface area contributed by atoms with Gasteiger partial charge in [-0.2, -0.15) is 0 Å². The molecule has 144 valence electrons. The minimum atomic E-state index is -0.528. The van der Waals surface area contributed by atoms with E-state index in [4.69, 9.17) is 4.74 Å². The van der Waals surface area contributed by atoms with Gasteiger partial charge in [0.2, 0.25) is 0 Å². The molecule has 1 N–H and O–H groups in total. The lowest BCUT2D eigenvalue weighted by atomic mass is 10.2. The van der Waals surface area contributed by atoms with Crippen molar-refractivity contribution in [1.82, 2.24) is 4.98 Å². The van der Waals surface area contributed by atoms with E-state index in [1.807, 2.05) is 36.6 Å². The third kappa shape index (κ3) is 5.67. The maximum atomic E-state index is 12.5. The number of nitrogens with zero attached hydrogens (tertiary/aromatic N) is 1. The second-order valence-electron chi connectivity index (χ2n) is 5.87. The summed E-state index contributed by atoms with van der Waals surface area (Å²) in [5.74, 6) is -0.263. The highest BCUT2D eigenvalue weighted by atomic mass is 79.9. The number of amides is 1. The molecule has 0 aliphatic rings. The Balaban J connectivity index is 1.57. The van der Waals surface area contributed by atoms with Crippen LogP contribution in [0.2, 0.25) is 0 Å². The SMILES string of the molecule is Cc1ccc(NC(=O)COC(=O)c2ccccc2SCc2cscn2)c(Br)c1. The molecule has 0 saturated heterocycles. The van der Waals surface area contributed by atoms with Crippen LogP contribution in [-0.4, -0.2) is 23.5 Å². The fourth-order valence-corrected chi connectivity index (χ4v) is 4.54. The van der Waals surface area contributed by atoms with Crippen molar-refractivity contribution in [3.63, 3.8) is 0 Å². The molecule has 0 fully saturated rings. The molecule has 3 aromatic rings. The minimum absolute atomic E-state index is 0.357. The predicted molar refractivity (Wildman–Crippen MR) is 116 cm³/mol. The largest absolute Gasteiger partial charge is 0.452 e. The average molecular weight is 477 g/mol. The second kappa shape index (κ2) is 9.86. The highest BCUT2D eigenvalue weighted by Gasteiger charge is 2.15. The number of nitrogens with one attached hydrogen (secondary N) is 1. The number of halogens is 1. The topological polar surface area (TPSA) is 68.3 Å². The lowest BCUT2D eigenvalue weighted by Crippen LogP contribution is -2.21. The fraction of sp³-hybridized carbons (Fsp3) is 0.150. The maximum Gasteiger partial charge on any atom is 0.339 e. The number of anilines is 1. The molecule has 1 aromatic heterocycles. The van der Waals surface area contributed by atoms with Gasteiger partial charge < -0.3 is 10.1 Å². The number of ether oxygens (including phenoxy) is 1. The van der Waals surface area contributed by atoms with Crippen molar-refractivity contribution in [1.29, 1.82) is 0 Å². The molecular weight excluding hydrogens is 460 g/mol. The summed E-state index contributed by atoms with van der Waals surface area (Å²) in [5.41, 5.74) is 4.88. The van der Waals surface area contributed by atoms with Crippen LogP contribution in [0.1, 0.15) is 21.6 Å². The smallest absolute Gasteiger partial charge is 0.339 e. The molecule has 2 aromatic carbocycles. The Morgan fingerprint density at radius 3 is 2.82 bits per heavy atom. The summed E-state index contributed by atoms with van der Waals surface area (Å²) in [5, 5.41) is 4.70. The van der Waals surface area contributed by atoms with Crippen LogP contribution >= 0.6 is 39.0 Å². The molecule has 8 heteroatoms. The summed E-state index contributed by atoms with van der Waals surface area (Å²) in [6.07, 6.45) is 0. The van der Waals surface area contributed by atoms with Crippen molar-refractivity contribution in [2.45, 2.75) is 17.6 Å². The molecule has 0 saturated carbocycles. The Morgan fingerprint density at radius 1 is 1.25 bits per heavy atom. The van der Waals surface area contributed by atoms with E-state index in [2.05, 4.69) is 26.2 Å². The van der Waals surface area contributed by atoms with Crippen LogP contribution in [0.3, 0.4) is 0 Å². The number of hydrogen-bond donors (Lipinski definition) is 1. The van der Waals surface area contributed by atoms with Crippen LogP contribution in [0.4, 0.5) is 5.69 Å². The highest BCUT2D eigenvalue weighted by molar-refractivity contribution is 9.10. The molecule has 0 unspecified atom stereocenters. The van der Waals surface area contributed by atoms with Gasteiger partial charge in [0.25, 0.3) is 5.91 Å². The van der Waals surface area contributed by atoms with Crippen LogP contribution in [0.25, 0.3) is 0 Å². The normalized spacial score (nSPS) is 10.5. The van der Waals surface area contributed by atoms with E-state index in [0.29, 0.717) is 17.0 Å². The monoisotopic (exact) mass is 476 g/mol. The first kappa shape index (κ1) is 20.6. The van der Waals surface area contributed by atoms with E-state index in [0.717, 1.165) is 20.6 Å². The molecule has 1 amide bonds. The second-order valence-corrected chi connectivity index (χ2v) is 8.46. The lowest BCUT2D eigenvalue weighted by Gasteiger charge is -2.10. The van der Waals surface area contributed by atoms with Crippen molar-refractivity contribution < 1.29 is 14.3 Å². The van der Waals surface area contributed by atoms with Gasteiger partial charge in [-0.1, -0.05) is 18.2 Å². The molecule has 1 heterocycles. The van der Waals surface area contributed by atoms with Gasteiger partial charge in [-0.25, -0.2) is 9.78 Å². The Kier molecular flexibility index (Phi) is 7.24. The van der Waals surface area contributed by atoms with Crippen LogP contribution in [0.15, 0.2) is 62.7 Å².